The number of H-pyrrole nitrogens is 1. The van der Waals surface area contributed by atoms with E-state index in [-0.39, 0.29) is 5.56 Å². The molecule has 4 rings (SSSR count). The van der Waals surface area contributed by atoms with Crippen LogP contribution < -0.4 is 5.56 Å². The zero-order valence-corrected chi connectivity index (χ0v) is 13.5. The highest BCUT2D eigenvalue weighted by molar-refractivity contribution is 7.17. The Hall–Kier alpha value is -1.95. The lowest BCUT2D eigenvalue weighted by Crippen LogP contribution is -2.23. The molecule has 0 fully saturated rings. The lowest BCUT2D eigenvalue weighted by Gasteiger charge is -2.26. The van der Waals surface area contributed by atoms with Crippen molar-refractivity contribution in [2.24, 2.45) is 11.8 Å². The van der Waals surface area contributed by atoms with E-state index in [2.05, 4.69) is 33.4 Å². The molecule has 0 spiro atoms. The standard InChI is InChI=1S/C16H18N4OS/c1-9-5-12-13(6-10(9)2)20(8-17-12)7-14-18-11-3-4-22-15(11)16(21)19-14/h3-4,8-10H,5-7H2,1-2H3,(H,18,19,21). The van der Waals surface area contributed by atoms with Gasteiger partial charge in [-0.1, -0.05) is 13.8 Å². The molecule has 0 amide bonds. The summed E-state index contributed by atoms with van der Waals surface area (Å²) in [6.07, 6.45) is 3.96. The van der Waals surface area contributed by atoms with Crippen molar-refractivity contribution in [2.45, 2.75) is 33.2 Å². The molecule has 1 aliphatic rings. The van der Waals surface area contributed by atoms with Gasteiger partial charge in [0, 0.05) is 5.69 Å². The number of aromatic nitrogens is 4. The molecule has 1 N–H and O–H groups in total. The third kappa shape index (κ3) is 2.18. The highest BCUT2D eigenvalue weighted by atomic mass is 32.1. The van der Waals surface area contributed by atoms with Crippen LogP contribution in [0.25, 0.3) is 10.2 Å². The predicted molar refractivity (Wildman–Crippen MR) is 87.3 cm³/mol. The molecule has 3 aromatic rings. The molecule has 0 radical (unpaired) electrons. The van der Waals surface area contributed by atoms with Crippen molar-refractivity contribution in [3.63, 3.8) is 0 Å². The maximum Gasteiger partial charge on any atom is 0.268 e. The topological polar surface area (TPSA) is 63.6 Å². The van der Waals surface area contributed by atoms with Gasteiger partial charge < -0.3 is 9.55 Å². The summed E-state index contributed by atoms with van der Waals surface area (Å²) in [5.74, 6) is 2.03. The van der Waals surface area contributed by atoms with Crippen molar-refractivity contribution in [3.05, 3.63) is 45.3 Å². The molecule has 0 saturated heterocycles. The van der Waals surface area contributed by atoms with Gasteiger partial charge in [0.25, 0.3) is 5.56 Å². The molecule has 22 heavy (non-hydrogen) atoms. The molecule has 0 aromatic carbocycles. The first kappa shape index (κ1) is 13.7. The Labute approximate surface area is 132 Å². The average molecular weight is 314 g/mol. The molecule has 114 valence electrons. The summed E-state index contributed by atoms with van der Waals surface area (Å²) in [6.45, 7) is 5.16. The van der Waals surface area contributed by atoms with Crippen molar-refractivity contribution in [3.8, 4) is 0 Å². The zero-order chi connectivity index (χ0) is 15.3. The minimum Gasteiger partial charge on any atom is -0.327 e. The van der Waals surface area contributed by atoms with E-state index in [0.29, 0.717) is 28.9 Å². The van der Waals surface area contributed by atoms with E-state index in [1.54, 1.807) is 0 Å². The fraction of sp³-hybridized carbons (Fsp3) is 0.438. The maximum atomic E-state index is 12.1. The number of hydrogen-bond acceptors (Lipinski definition) is 4. The molecule has 5 nitrogen and oxygen atoms in total. The molecule has 2 atom stereocenters. The maximum absolute atomic E-state index is 12.1. The Kier molecular flexibility index (Phi) is 3.14. The number of nitrogens with one attached hydrogen (secondary N) is 1. The number of hydrogen-bond donors (Lipinski definition) is 1. The second-order valence-electron chi connectivity index (χ2n) is 6.28. The van der Waals surface area contributed by atoms with Crippen molar-refractivity contribution >= 4 is 21.6 Å². The Morgan fingerprint density at radius 1 is 1.36 bits per heavy atom. The minimum atomic E-state index is -0.0500. The molecule has 0 saturated carbocycles. The fourth-order valence-electron chi connectivity index (χ4n) is 3.16. The van der Waals surface area contributed by atoms with Gasteiger partial charge in [0.05, 0.1) is 24.1 Å². The predicted octanol–water partition coefficient (Wildman–Crippen LogP) is 2.60. The number of aromatic amines is 1. The summed E-state index contributed by atoms with van der Waals surface area (Å²) in [4.78, 5) is 24.1. The molecule has 0 aliphatic heterocycles. The molecule has 3 aromatic heterocycles. The Morgan fingerprint density at radius 2 is 2.18 bits per heavy atom. The summed E-state index contributed by atoms with van der Waals surface area (Å²) < 4.78 is 2.83. The van der Waals surface area contributed by atoms with Crippen LogP contribution >= 0.6 is 11.3 Å². The monoisotopic (exact) mass is 314 g/mol. The van der Waals surface area contributed by atoms with Gasteiger partial charge in [0.1, 0.15) is 10.5 Å². The third-order valence-corrected chi connectivity index (χ3v) is 5.62. The van der Waals surface area contributed by atoms with Gasteiger partial charge in [-0.2, -0.15) is 0 Å². The SMILES string of the molecule is CC1Cc2ncn(Cc3nc4ccsc4c(=O)[nH]3)c2CC1C. The molecule has 3 heterocycles. The highest BCUT2D eigenvalue weighted by Gasteiger charge is 2.25. The van der Waals surface area contributed by atoms with Crippen LogP contribution in [0.5, 0.6) is 0 Å². The van der Waals surface area contributed by atoms with Crippen LogP contribution in [-0.2, 0) is 19.4 Å². The lowest BCUT2D eigenvalue weighted by atomic mass is 9.82. The van der Waals surface area contributed by atoms with Crippen molar-refractivity contribution in [2.75, 3.05) is 0 Å². The first-order chi connectivity index (χ1) is 10.6. The third-order valence-electron chi connectivity index (χ3n) is 4.72. The van der Waals surface area contributed by atoms with Crippen molar-refractivity contribution in [1.29, 1.82) is 0 Å². The highest BCUT2D eigenvalue weighted by Crippen LogP contribution is 2.29. The van der Waals surface area contributed by atoms with Crippen molar-refractivity contribution in [1.82, 2.24) is 19.5 Å². The van der Waals surface area contributed by atoms with Gasteiger partial charge in [-0.05, 0) is 36.1 Å². The normalized spacial score (nSPS) is 21.2. The van der Waals surface area contributed by atoms with Crippen LogP contribution in [0.2, 0.25) is 0 Å². The Bertz CT molecular complexity index is 891. The van der Waals surface area contributed by atoms with E-state index < -0.39 is 0 Å². The van der Waals surface area contributed by atoms with E-state index in [4.69, 9.17) is 0 Å². The molecule has 6 heteroatoms. The second-order valence-corrected chi connectivity index (χ2v) is 7.19. The molecular formula is C16H18N4OS. The molecule has 1 aliphatic carbocycles. The smallest absolute Gasteiger partial charge is 0.268 e. The summed E-state index contributed by atoms with van der Waals surface area (Å²) in [5, 5.41) is 1.90. The van der Waals surface area contributed by atoms with E-state index >= 15 is 0 Å². The van der Waals surface area contributed by atoms with E-state index in [1.165, 1.54) is 22.7 Å². The molecule has 2 unspecified atom stereocenters. The molecule has 0 bridgehead atoms. The lowest BCUT2D eigenvalue weighted by molar-refractivity contribution is 0.349. The van der Waals surface area contributed by atoms with Gasteiger partial charge in [-0.3, -0.25) is 4.79 Å². The quantitative estimate of drug-likeness (QED) is 0.791. The van der Waals surface area contributed by atoms with Crippen LogP contribution in [0.15, 0.2) is 22.6 Å². The van der Waals surface area contributed by atoms with E-state index in [0.717, 1.165) is 18.4 Å². The first-order valence-electron chi connectivity index (χ1n) is 7.61. The number of rotatable bonds is 2. The van der Waals surface area contributed by atoms with Gasteiger partial charge >= 0.3 is 0 Å². The van der Waals surface area contributed by atoms with Gasteiger partial charge in [0.2, 0.25) is 0 Å². The van der Waals surface area contributed by atoms with E-state index in [9.17, 15) is 4.79 Å². The van der Waals surface area contributed by atoms with Crippen LogP contribution in [0.3, 0.4) is 0 Å². The van der Waals surface area contributed by atoms with Crippen LogP contribution in [-0.4, -0.2) is 19.5 Å². The van der Waals surface area contributed by atoms with Gasteiger partial charge in [-0.15, -0.1) is 11.3 Å². The minimum absolute atomic E-state index is 0.0500. The first-order valence-corrected chi connectivity index (χ1v) is 8.49. The summed E-state index contributed by atoms with van der Waals surface area (Å²) in [5.41, 5.74) is 3.22. The molecular weight excluding hydrogens is 296 g/mol. The summed E-state index contributed by atoms with van der Waals surface area (Å²) >= 11 is 1.43. The second kappa shape index (κ2) is 5.05. The van der Waals surface area contributed by atoms with E-state index in [1.807, 2.05) is 17.8 Å². The zero-order valence-electron chi connectivity index (χ0n) is 12.7. The van der Waals surface area contributed by atoms with Crippen LogP contribution in [0, 0.1) is 11.8 Å². The van der Waals surface area contributed by atoms with Gasteiger partial charge in [0.15, 0.2) is 0 Å². The number of imidazole rings is 1. The average Bonchev–Trinajstić information content (AvgIpc) is 3.08. The summed E-state index contributed by atoms with van der Waals surface area (Å²) in [6, 6.07) is 1.89. The number of fused-ring (bicyclic) bond motifs is 2. The Balaban J connectivity index is 1.70. The Morgan fingerprint density at radius 3 is 3.05 bits per heavy atom. The summed E-state index contributed by atoms with van der Waals surface area (Å²) in [7, 11) is 0. The number of thiophene rings is 1. The number of nitrogens with zero attached hydrogens (tertiary/aromatic N) is 3. The largest absolute Gasteiger partial charge is 0.327 e. The van der Waals surface area contributed by atoms with Crippen LogP contribution in [0.1, 0.15) is 31.1 Å². The van der Waals surface area contributed by atoms with Crippen LogP contribution in [0.4, 0.5) is 0 Å². The fourth-order valence-corrected chi connectivity index (χ4v) is 3.89. The van der Waals surface area contributed by atoms with Gasteiger partial charge in [-0.25, -0.2) is 9.97 Å². The van der Waals surface area contributed by atoms with Crippen molar-refractivity contribution < 1.29 is 0 Å².